The standard InChI is InChI=1S/C14H9BrCl2F3IN2O4/c15-5-1-7(23-12(17)10(5)27-4-14(18,19)20)13(26,3-24)8-2-6(21)9(25)11(16)22-8/h1-2,24-26H,3-4H2. The lowest BCUT2D eigenvalue weighted by atomic mass is 9.95. The molecule has 3 N–H and O–H groups in total. The average Bonchev–Trinajstić information content (AvgIpc) is 2.56. The SMILES string of the molecule is OCC(O)(c1cc(I)c(O)c(Cl)n1)c1cc(Br)c(OCC(F)(F)F)c(Cl)n1. The Morgan fingerprint density at radius 2 is 1.70 bits per heavy atom. The lowest BCUT2D eigenvalue weighted by Gasteiger charge is -2.26. The Balaban J connectivity index is 2.51. The number of halogens is 7. The van der Waals surface area contributed by atoms with Gasteiger partial charge in [-0.2, -0.15) is 13.2 Å². The summed E-state index contributed by atoms with van der Waals surface area (Å²) in [5, 5.41) is 29.5. The topological polar surface area (TPSA) is 95.7 Å². The van der Waals surface area contributed by atoms with Crippen LogP contribution < -0.4 is 4.74 Å². The van der Waals surface area contributed by atoms with Crippen LogP contribution in [0.2, 0.25) is 10.3 Å². The summed E-state index contributed by atoms with van der Waals surface area (Å²) >= 11 is 16.4. The summed E-state index contributed by atoms with van der Waals surface area (Å²) in [5.74, 6) is -0.700. The molecule has 0 saturated heterocycles. The van der Waals surface area contributed by atoms with Crippen molar-refractivity contribution >= 4 is 61.7 Å². The third kappa shape index (κ3) is 5.07. The Bertz CT molecular complexity index is 829. The Morgan fingerprint density at radius 3 is 2.19 bits per heavy atom. The van der Waals surface area contributed by atoms with E-state index in [-0.39, 0.29) is 36.1 Å². The molecule has 0 bridgehead atoms. The first-order valence-corrected chi connectivity index (χ1v) is 9.46. The number of aliphatic hydroxyl groups is 2. The molecule has 0 saturated carbocycles. The van der Waals surface area contributed by atoms with Crippen LogP contribution in [0.3, 0.4) is 0 Å². The molecular weight excluding hydrogens is 595 g/mol. The molecule has 0 aliphatic rings. The zero-order chi connectivity index (χ0) is 20.6. The van der Waals surface area contributed by atoms with Crippen molar-refractivity contribution in [1.82, 2.24) is 9.97 Å². The highest BCUT2D eigenvalue weighted by molar-refractivity contribution is 14.1. The molecular formula is C14H9BrCl2F3IN2O4. The molecule has 13 heteroatoms. The summed E-state index contributed by atoms with van der Waals surface area (Å²) in [7, 11) is 0. The fraction of sp³-hybridized carbons (Fsp3) is 0.286. The zero-order valence-electron chi connectivity index (χ0n) is 12.9. The van der Waals surface area contributed by atoms with Crippen LogP contribution in [0.1, 0.15) is 11.4 Å². The molecule has 0 fully saturated rings. The second-order valence-electron chi connectivity index (χ2n) is 5.16. The second-order valence-corrected chi connectivity index (χ2v) is 7.89. The monoisotopic (exact) mass is 602 g/mol. The second kappa shape index (κ2) is 8.41. The van der Waals surface area contributed by atoms with E-state index in [1.807, 2.05) is 0 Å². The largest absolute Gasteiger partial charge is 0.504 e. The molecule has 1 atom stereocenters. The fourth-order valence-electron chi connectivity index (χ4n) is 1.95. The zero-order valence-corrected chi connectivity index (χ0v) is 18.1. The summed E-state index contributed by atoms with van der Waals surface area (Å²) in [6.45, 7) is -2.50. The van der Waals surface area contributed by atoms with E-state index in [2.05, 4.69) is 30.6 Å². The van der Waals surface area contributed by atoms with Crippen molar-refractivity contribution in [2.45, 2.75) is 11.8 Å². The van der Waals surface area contributed by atoms with E-state index >= 15 is 0 Å². The van der Waals surface area contributed by atoms with Crippen molar-refractivity contribution in [3.8, 4) is 11.5 Å². The van der Waals surface area contributed by atoms with E-state index in [4.69, 9.17) is 23.2 Å². The minimum absolute atomic E-state index is 0.0341. The molecule has 1 unspecified atom stereocenters. The van der Waals surface area contributed by atoms with Crippen LogP contribution >= 0.6 is 61.7 Å². The smallest absolute Gasteiger partial charge is 0.422 e. The molecule has 0 amide bonds. The first-order chi connectivity index (χ1) is 12.4. The van der Waals surface area contributed by atoms with Crippen molar-refractivity contribution < 1.29 is 33.2 Å². The number of rotatable bonds is 5. The molecule has 0 aliphatic heterocycles. The Kier molecular flexibility index (Phi) is 7.07. The van der Waals surface area contributed by atoms with Crippen LogP contribution in [0.25, 0.3) is 0 Å². The van der Waals surface area contributed by atoms with Gasteiger partial charge in [-0.05, 0) is 50.7 Å². The first kappa shape index (κ1) is 22.7. The molecule has 2 aromatic rings. The van der Waals surface area contributed by atoms with Crippen molar-refractivity contribution in [1.29, 1.82) is 0 Å². The van der Waals surface area contributed by atoms with Gasteiger partial charge in [-0.3, -0.25) is 0 Å². The van der Waals surface area contributed by atoms with Gasteiger partial charge in [-0.25, -0.2) is 9.97 Å². The highest BCUT2D eigenvalue weighted by Gasteiger charge is 2.37. The number of hydrogen-bond acceptors (Lipinski definition) is 6. The van der Waals surface area contributed by atoms with Crippen molar-refractivity contribution in [3.63, 3.8) is 0 Å². The van der Waals surface area contributed by atoms with E-state index in [0.717, 1.165) is 6.07 Å². The van der Waals surface area contributed by atoms with Crippen molar-refractivity contribution in [2.24, 2.45) is 0 Å². The number of hydrogen-bond donors (Lipinski definition) is 3. The molecule has 2 heterocycles. The maximum Gasteiger partial charge on any atom is 0.422 e. The minimum atomic E-state index is -4.59. The molecule has 2 rings (SSSR count). The van der Waals surface area contributed by atoms with E-state index in [1.54, 1.807) is 22.6 Å². The van der Waals surface area contributed by atoms with Gasteiger partial charge >= 0.3 is 6.18 Å². The van der Waals surface area contributed by atoms with Crippen LogP contribution in [0.15, 0.2) is 16.6 Å². The van der Waals surface area contributed by atoms with E-state index in [9.17, 15) is 28.5 Å². The summed E-state index contributed by atoms with van der Waals surface area (Å²) < 4.78 is 41.8. The summed E-state index contributed by atoms with van der Waals surface area (Å²) in [6.07, 6.45) is -4.59. The molecule has 6 nitrogen and oxygen atoms in total. The van der Waals surface area contributed by atoms with Gasteiger partial charge in [0.2, 0.25) is 0 Å². The number of alkyl halides is 3. The highest BCUT2D eigenvalue weighted by atomic mass is 127. The number of aliphatic hydroxyl groups excluding tert-OH is 1. The van der Waals surface area contributed by atoms with Crippen LogP contribution in [-0.4, -0.2) is 44.7 Å². The molecule has 0 aliphatic carbocycles. The van der Waals surface area contributed by atoms with Gasteiger partial charge in [0.05, 0.1) is 26.0 Å². The maximum absolute atomic E-state index is 12.3. The number of ether oxygens (including phenoxy) is 1. The van der Waals surface area contributed by atoms with Gasteiger partial charge < -0.3 is 20.1 Å². The number of pyridine rings is 2. The molecule has 27 heavy (non-hydrogen) atoms. The van der Waals surface area contributed by atoms with E-state index in [0.29, 0.717) is 0 Å². The number of aromatic hydroxyl groups is 1. The summed E-state index contributed by atoms with van der Waals surface area (Å²) in [4.78, 5) is 7.65. The lowest BCUT2D eigenvalue weighted by molar-refractivity contribution is -0.153. The predicted molar refractivity (Wildman–Crippen MR) is 102 cm³/mol. The van der Waals surface area contributed by atoms with E-state index in [1.165, 1.54) is 6.07 Å². The molecule has 0 spiro atoms. The van der Waals surface area contributed by atoms with Gasteiger partial charge in [0.1, 0.15) is 0 Å². The van der Waals surface area contributed by atoms with Gasteiger partial charge in [0.25, 0.3) is 0 Å². The van der Waals surface area contributed by atoms with Gasteiger partial charge in [-0.15, -0.1) is 0 Å². The molecule has 2 aromatic heterocycles. The van der Waals surface area contributed by atoms with Gasteiger partial charge in [0, 0.05) is 0 Å². The predicted octanol–water partition coefficient (Wildman–Crippen LogP) is 4.03. The highest BCUT2D eigenvalue weighted by Crippen LogP contribution is 2.39. The van der Waals surface area contributed by atoms with E-state index < -0.39 is 30.1 Å². The van der Waals surface area contributed by atoms with Crippen molar-refractivity contribution in [2.75, 3.05) is 13.2 Å². The fourth-order valence-corrected chi connectivity index (χ4v) is 3.73. The molecule has 0 radical (unpaired) electrons. The first-order valence-electron chi connectivity index (χ1n) is 6.84. The summed E-state index contributed by atoms with van der Waals surface area (Å²) in [6, 6.07) is 2.39. The number of aromatic nitrogens is 2. The summed E-state index contributed by atoms with van der Waals surface area (Å²) in [5.41, 5.74) is -2.59. The van der Waals surface area contributed by atoms with Crippen molar-refractivity contribution in [3.05, 3.63) is 41.9 Å². The Hall–Kier alpha value is -0.600. The average molecular weight is 604 g/mol. The molecule has 0 aromatic carbocycles. The minimum Gasteiger partial charge on any atom is -0.504 e. The number of nitrogens with zero attached hydrogens (tertiary/aromatic N) is 2. The van der Waals surface area contributed by atoms with Crippen LogP contribution in [0.4, 0.5) is 13.2 Å². The Morgan fingerprint density at radius 1 is 1.15 bits per heavy atom. The maximum atomic E-state index is 12.3. The third-order valence-corrected chi connectivity index (χ3v) is 5.18. The lowest BCUT2D eigenvalue weighted by Crippen LogP contribution is -2.34. The van der Waals surface area contributed by atoms with Gasteiger partial charge in [0.15, 0.2) is 34.0 Å². The Labute approximate surface area is 182 Å². The third-order valence-electron chi connectivity index (χ3n) is 3.25. The quantitative estimate of drug-likeness (QED) is 0.353. The van der Waals surface area contributed by atoms with Crippen LogP contribution in [0.5, 0.6) is 11.5 Å². The van der Waals surface area contributed by atoms with Gasteiger partial charge in [-0.1, -0.05) is 23.2 Å². The van der Waals surface area contributed by atoms with Crippen LogP contribution in [0, 0.1) is 3.57 Å². The molecule has 148 valence electrons. The van der Waals surface area contributed by atoms with Crippen LogP contribution in [-0.2, 0) is 5.60 Å². The normalized spacial score (nSPS) is 14.1.